The molecule has 12 heteroatoms. The van der Waals surface area contributed by atoms with E-state index in [-0.39, 0.29) is 35.1 Å². The molecule has 2 aromatic carbocycles. The van der Waals surface area contributed by atoms with E-state index < -0.39 is 29.6 Å². The summed E-state index contributed by atoms with van der Waals surface area (Å²) in [6, 6.07) is 12.6. The molecule has 0 saturated carbocycles. The Morgan fingerprint density at radius 3 is 2.59 bits per heavy atom. The summed E-state index contributed by atoms with van der Waals surface area (Å²) in [5.74, 6) is -2.65. The number of nitrogen functional groups attached to an aromatic ring is 1. The molecule has 1 atom stereocenters. The molecule has 2 heterocycles. The molecule has 0 radical (unpaired) electrons. The van der Waals surface area contributed by atoms with Crippen molar-refractivity contribution in [3.8, 4) is 0 Å². The van der Waals surface area contributed by atoms with E-state index in [9.17, 15) is 18.8 Å². The molecule has 0 aliphatic heterocycles. The van der Waals surface area contributed by atoms with E-state index in [0.717, 1.165) is 5.39 Å². The van der Waals surface area contributed by atoms with Crippen LogP contribution in [-0.2, 0) is 9.53 Å². The first kappa shape index (κ1) is 25.7. The Morgan fingerprint density at radius 2 is 1.92 bits per heavy atom. The predicted molar refractivity (Wildman–Crippen MR) is 138 cm³/mol. The van der Waals surface area contributed by atoms with Gasteiger partial charge in [-0.3, -0.25) is 24.3 Å². The Morgan fingerprint density at radius 1 is 1.16 bits per heavy atom. The number of rotatable bonds is 9. The summed E-state index contributed by atoms with van der Waals surface area (Å²) < 4.78 is 22.8. The highest BCUT2D eigenvalue weighted by molar-refractivity contribution is 7.09. The first-order valence-electron chi connectivity index (χ1n) is 11.1. The van der Waals surface area contributed by atoms with E-state index >= 15 is 0 Å². The minimum atomic E-state index is -1.21. The van der Waals surface area contributed by atoms with Crippen molar-refractivity contribution < 1.29 is 23.5 Å². The second-order valence-corrected chi connectivity index (χ2v) is 8.71. The van der Waals surface area contributed by atoms with Gasteiger partial charge in [0.05, 0.1) is 17.8 Å². The molecule has 0 bridgehead atoms. The van der Waals surface area contributed by atoms with E-state index in [0.29, 0.717) is 22.6 Å². The number of benzene rings is 2. The van der Waals surface area contributed by atoms with Crippen molar-refractivity contribution >= 4 is 51.5 Å². The molecule has 0 aliphatic rings. The Hall–Kier alpha value is -4.42. The molecule has 190 valence electrons. The van der Waals surface area contributed by atoms with Crippen LogP contribution in [0, 0.1) is 5.82 Å². The van der Waals surface area contributed by atoms with Crippen molar-refractivity contribution in [2.75, 3.05) is 30.9 Å². The molecule has 1 unspecified atom stereocenters. The number of fused-ring (bicyclic) bond motifs is 1. The Bertz CT molecular complexity index is 1460. The van der Waals surface area contributed by atoms with Gasteiger partial charge in [-0.1, -0.05) is 12.1 Å². The topological polar surface area (TPSA) is 154 Å². The number of ether oxygens (including phenoxy) is 1. The van der Waals surface area contributed by atoms with Crippen molar-refractivity contribution in [3.05, 3.63) is 82.7 Å². The maximum atomic E-state index is 14.0. The second-order valence-electron chi connectivity index (χ2n) is 7.93. The molecule has 0 saturated heterocycles. The van der Waals surface area contributed by atoms with Crippen LogP contribution in [0.4, 0.5) is 15.8 Å². The van der Waals surface area contributed by atoms with Crippen molar-refractivity contribution in [1.29, 1.82) is 0 Å². The maximum absolute atomic E-state index is 14.0. The van der Waals surface area contributed by atoms with Gasteiger partial charge in [0.2, 0.25) is 5.91 Å². The average molecular weight is 523 g/mol. The van der Waals surface area contributed by atoms with E-state index in [1.165, 1.54) is 36.3 Å². The SMILES string of the molecule is COCCNC(=O)C(c1ccc2ncccc2c1)N(C(=O)c1snc(C(N)=O)c1N)c1ccc(F)cc1. The van der Waals surface area contributed by atoms with Gasteiger partial charge >= 0.3 is 0 Å². The van der Waals surface area contributed by atoms with E-state index in [4.69, 9.17) is 16.2 Å². The van der Waals surface area contributed by atoms with Crippen LogP contribution in [0.5, 0.6) is 0 Å². The first-order valence-corrected chi connectivity index (χ1v) is 11.8. The summed E-state index contributed by atoms with van der Waals surface area (Å²) in [5.41, 5.74) is 12.3. The average Bonchev–Trinajstić information content (AvgIpc) is 3.29. The number of primary amides is 1. The number of halogens is 1. The van der Waals surface area contributed by atoms with Crippen LogP contribution < -0.4 is 21.7 Å². The Kier molecular flexibility index (Phi) is 7.70. The third kappa shape index (κ3) is 5.39. The van der Waals surface area contributed by atoms with E-state index in [2.05, 4.69) is 14.7 Å². The maximum Gasteiger partial charge on any atom is 0.273 e. The number of carbonyl (C=O) groups is 3. The number of amides is 3. The van der Waals surface area contributed by atoms with Crippen LogP contribution in [0.25, 0.3) is 10.9 Å². The highest BCUT2D eigenvalue weighted by Gasteiger charge is 2.36. The zero-order valence-corrected chi connectivity index (χ0v) is 20.5. The molecule has 2 aromatic heterocycles. The number of nitrogens with two attached hydrogens (primary N) is 2. The van der Waals surface area contributed by atoms with Crippen LogP contribution in [0.3, 0.4) is 0 Å². The minimum Gasteiger partial charge on any atom is -0.395 e. The summed E-state index contributed by atoms with van der Waals surface area (Å²) in [7, 11) is 1.50. The van der Waals surface area contributed by atoms with E-state index in [1.54, 1.807) is 30.5 Å². The van der Waals surface area contributed by atoms with Gasteiger partial charge < -0.3 is 21.5 Å². The van der Waals surface area contributed by atoms with Gasteiger partial charge in [0, 0.05) is 30.9 Å². The van der Waals surface area contributed by atoms with Crippen molar-refractivity contribution in [2.24, 2.45) is 5.73 Å². The lowest BCUT2D eigenvalue weighted by Crippen LogP contribution is -2.44. The van der Waals surface area contributed by atoms with Crippen molar-refractivity contribution in [1.82, 2.24) is 14.7 Å². The Labute approximate surface area is 215 Å². The highest BCUT2D eigenvalue weighted by atomic mass is 32.1. The summed E-state index contributed by atoms with van der Waals surface area (Å²) in [6.07, 6.45) is 1.65. The number of nitrogens with one attached hydrogen (secondary N) is 1. The third-order valence-electron chi connectivity index (χ3n) is 5.53. The molecule has 37 heavy (non-hydrogen) atoms. The van der Waals surface area contributed by atoms with Crippen LogP contribution >= 0.6 is 11.5 Å². The molecule has 4 rings (SSSR count). The largest absolute Gasteiger partial charge is 0.395 e. The number of carbonyl (C=O) groups excluding carboxylic acids is 3. The molecule has 0 aliphatic carbocycles. The van der Waals surface area contributed by atoms with Gasteiger partial charge in [-0.25, -0.2) is 4.39 Å². The summed E-state index contributed by atoms with van der Waals surface area (Å²) >= 11 is 0.684. The smallest absolute Gasteiger partial charge is 0.273 e. The summed E-state index contributed by atoms with van der Waals surface area (Å²) in [5, 5.41) is 3.52. The lowest BCUT2D eigenvalue weighted by molar-refractivity contribution is -0.122. The van der Waals surface area contributed by atoms with Gasteiger partial charge in [-0.2, -0.15) is 4.37 Å². The highest BCUT2D eigenvalue weighted by Crippen LogP contribution is 2.34. The molecular weight excluding hydrogens is 499 g/mol. The van der Waals surface area contributed by atoms with Gasteiger partial charge in [0.1, 0.15) is 16.7 Å². The summed E-state index contributed by atoms with van der Waals surface area (Å²) in [6.45, 7) is 0.426. The number of nitrogens with zero attached hydrogens (tertiary/aromatic N) is 3. The Balaban J connectivity index is 1.89. The fourth-order valence-corrected chi connectivity index (χ4v) is 4.52. The molecule has 10 nitrogen and oxygen atoms in total. The lowest BCUT2D eigenvalue weighted by atomic mass is 10.00. The monoisotopic (exact) mass is 522 g/mol. The molecular formula is C25H23FN6O4S. The van der Waals surface area contributed by atoms with Crippen LogP contribution in [-0.4, -0.2) is 47.3 Å². The molecule has 0 spiro atoms. The standard InChI is InChI=1S/C25H23FN6O4S/c1-36-12-11-30-24(34)21(15-4-9-18-14(13-15)3-2-10-29-18)32(17-7-5-16(26)6-8-17)25(35)22-19(27)20(23(28)33)31-37-22/h2-10,13,21H,11-12,27H2,1H3,(H2,28,33)(H,30,34). The first-order chi connectivity index (χ1) is 17.8. The van der Waals surface area contributed by atoms with Gasteiger partial charge in [0.15, 0.2) is 5.69 Å². The fourth-order valence-electron chi connectivity index (χ4n) is 3.78. The zero-order chi connectivity index (χ0) is 26.5. The number of anilines is 2. The van der Waals surface area contributed by atoms with Crippen LogP contribution in [0.2, 0.25) is 0 Å². The van der Waals surface area contributed by atoms with Gasteiger partial charge in [0.25, 0.3) is 11.8 Å². The van der Waals surface area contributed by atoms with Crippen molar-refractivity contribution in [2.45, 2.75) is 6.04 Å². The predicted octanol–water partition coefficient (Wildman–Crippen LogP) is 2.66. The van der Waals surface area contributed by atoms with Gasteiger partial charge in [-0.15, -0.1) is 0 Å². The lowest BCUT2D eigenvalue weighted by Gasteiger charge is -2.31. The van der Waals surface area contributed by atoms with Gasteiger partial charge in [-0.05, 0) is 59.6 Å². The number of pyridine rings is 1. The third-order valence-corrected chi connectivity index (χ3v) is 6.38. The molecule has 3 amide bonds. The normalized spacial score (nSPS) is 11.7. The number of methoxy groups -OCH3 is 1. The van der Waals surface area contributed by atoms with Crippen molar-refractivity contribution in [3.63, 3.8) is 0 Å². The minimum absolute atomic E-state index is 0.0877. The second kappa shape index (κ2) is 11.1. The molecule has 0 fully saturated rings. The molecule has 4 aromatic rings. The van der Waals surface area contributed by atoms with Crippen LogP contribution in [0.15, 0.2) is 60.8 Å². The fraction of sp³-hybridized carbons (Fsp3) is 0.160. The van der Waals surface area contributed by atoms with Crippen LogP contribution in [0.1, 0.15) is 31.8 Å². The number of aromatic nitrogens is 2. The number of hydrogen-bond acceptors (Lipinski definition) is 8. The molecule has 5 N–H and O–H groups in total. The zero-order valence-electron chi connectivity index (χ0n) is 19.7. The summed E-state index contributed by atoms with van der Waals surface area (Å²) in [4.78, 5) is 44.7. The number of hydrogen-bond donors (Lipinski definition) is 3. The van der Waals surface area contributed by atoms with E-state index in [1.807, 2.05) is 6.07 Å². The quantitative estimate of drug-likeness (QED) is 0.286.